The summed E-state index contributed by atoms with van der Waals surface area (Å²) in [6.07, 6.45) is 0. The van der Waals surface area contributed by atoms with E-state index in [1.807, 2.05) is 0 Å². The molecule has 2 rings (SSSR count). The molecule has 104 valence electrons. The highest BCUT2D eigenvalue weighted by molar-refractivity contribution is 6.32. The summed E-state index contributed by atoms with van der Waals surface area (Å²) in [7, 11) is 0. The van der Waals surface area contributed by atoms with Crippen LogP contribution in [0.4, 0.5) is 5.69 Å². The summed E-state index contributed by atoms with van der Waals surface area (Å²) in [4.78, 5) is 18.5. The zero-order valence-corrected chi connectivity index (χ0v) is 12.1. The standard InChI is InChI=1S/C12H9Cl2N3O3/c1-6-7(2)16-12(11(14)15-6)20-10-8(13)4-3-5-9(10)17(18)19/h3-5H,1-2H3. The summed E-state index contributed by atoms with van der Waals surface area (Å²) >= 11 is 11.9. The van der Waals surface area contributed by atoms with Gasteiger partial charge in [-0.1, -0.05) is 29.3 Å². The maximum Gasteiger partial charge on any atom is 0.313 e. The van der Waals surface area contributed by atoms with Gasteiger partial charge in [0.2, 0.25) is 5.75 Å². The number of halogens is 2. The second-order valence-corrected chi connectivity index (χ2v) is 4.70. The van der Waals surface area contributed by atoms with Gasteiger partial charge < -0.3 is 4.74 Å². The topological polar surface area (TPSA) is 78.2 Å². The average Bonchev–Trinajstić information content (AvgIpc) is 2.37. The Morgan fingerprint density at radius 1 is 1.20 bits per heavy atom. The number of nitrogens with zero attached hydrogens (tertiary/aromatic N) is 3. The van der Waals surface area contributed by atoms with Crippen LogP contribution in [0.25, 0.3) is 0 Å². The van der Waals surface area contributed by atoms with Crippen molar-refractivity contribution in [1.82, 2.24) is 9.97 Å². The fraction of sp³-hybridized carbons (Fsp3) is 0.167. The van der Waals surface area contributed by atoms with Gasteiger partial charge >= 0.3 is 5.69 Å². The van der Waals surface area contributed by atoms with Crippen molar-refractivity contribution in [2.45, 2.75) is 13.8 Å². The van der Waals surface area contributed by atoms with Crippen molar-refractivity contribution in [2.24, 2.45) is 0 Å². The van der Waals surface area contributed by atoms with Crippen LogP contribution in [0.2, 0.25) is 10.2 Å². The van der Waals surface area contributed by atoms with E-state index in [0.29, 0.717) is 11.4 Å². The molecule has 0 amide bonds. The summed E-state index contributed by atoms with van der Waals surface area (Å²) < 4.78 is 5.39. The fourth-order valence-corrected chi connectivity index (χ4v) is 1.87. The minimum absolute atomic E-state index is 0.0160. The average molecular weight is 314 g/mol. The third-order valence-corrected chi connectivity index (χ3v) is 3.12. The van der Waals surface area contributed by atoms with E-state index >= 15 is 0 Å². The highest BCUT2D eigenvalue weighted by Gasteiger charge is 2.21. The molecule has 1 heterocycles. The number of nitro benzene ring substituents is 1. The molecule has 1 aromatic carbocycles. The molecule has 1 aromatic heterocycles. The molecule has 0 fully saturated rings. The Morgan fingerprint density at radius 2 is 1.85 bits per heavy atom. The zero-order valence-electron chi connectivity index (χ0n) is 10.6. The first-order chi connectivity index (χ1) is 9.40. The Morgan fingerprint density at radius 3 is 2.50 bits per heavy atom. The van der Waals surface area contributed by atoms with Gasteiger partial charge in [-0.25, -0.2) is 9.97 Å². The van der Waals surface area contributed by atoms with Gasteiger partial charge in [0, 0.05) is 6.07 Å². The number of hydrogen-bond acceptors (Lipinski definition) is 5. The summed E-state index contributed by atoms with van der Waals surface area (Å²) in [5.41, 5.74) is 0.990. The molecule has 0 saturated carbocycles. The number of rotatable bonds is 3. The summed E-state index contributed by atoms with van der Waals surface area (Å²) in [6, 6.07) is 4.22. The quantitative estimate of drug-likeness (QED) is 0.629. The SMILES string of the molecule is Cc1nc(Cl)c(Oc2c(Cl)cccc2[N+](=O)[O-])nc1C. The lowest BCUT2D eigenvalue weighted by atomic mass is 10.3. The van der Waals surface area contributed by atoms with Crippen LogP contribution in [0.5, 0.6) is 11.6 Å². The Balaban J connectivity index is 2.50. The molecule has 8 heteroatoms. The fourth-order valence-electron chi connectivity index (χ4n) is 1.46. The molecule has 0 unspecified atom stereocenters. The lowest BCUT2D eigenvalue weighted by Gasteiger charge is -2.09. The van der Waals surface area contributed by atoms with Crippen LogP contribution in [0.1, 0.15) is 11.4 Å². The first kappa shape index (κ1) is 14.5. The largest absolute Gasteiger partial charge is 0.427 e. The first-order valence-corrected chi connectivity index (χ1v) is 6.27. The van der Waals surface area contributed by atoms with Crippen LogP contribution in [-0.2, 0) is 0 Å². The van der Waals surface area contributed by atoms with Gasteiger partial charge in [0.15, 0.2) is 5.15 Å². The van der Waals surface area contributed by atoms with Crippen LogP contribution in [0.15, 0.2) is 18.2 Å². The van der Waals surface area contributed by atoms with Gasteiger partial charge in [-0.3, -0.25) is 10.1 Å². The van der Waals surface area contributed by atoms with Crippen LogP contribution >= 0.6 is 23.2 Å². The first-order valence-electron chi connectivity index (χ1n) is 5.51. The molecular weight excluding hydrogens is 305 g/mol. The third-order valence-electron chi connectivity index (χ3n) is 2.58. The zero-order chi connectivity index (χ0) is 14.9. The van der Waals surface area contributed by atoms with E-state index in [4.69, 9.17) is 27.9 Å². The number of para-hydroxylation sites is 1. The predicted octanol–water partition coefficient (Wildman–Crippen LogP) is 4.10. The highest BCUT2D eigenvalue weighted by atomic mass is 35.5. The molecule has 0 aliphatic carbocycles. The molecule has 6 nitrogen and oxygen atoms in total. The second kappa shape index (κ2) is 5.60. The van der Waals surface area contributed by atoms with Gasteiger partial charge in [-0.05, 0) is 19.9 Å². The molecule has 0 N–H and O–H groups in total. The smallest absolute Gasteiger partial charge is 0.313 e. The molecular formula is C12H9Cl2N3O3. The van der Waals surface area contributed by atoms with Crippen molar-refractivity contribution >= 4 is 28.9 Å². The van der Waals surface area contributed by atoms with Crippen LogP contribution in [0, 0.1) is 24.0 Å². The molecule has 0 spiro atoms. The van der Waals surface area contributed by atoms with Gasteiger partial charge in [-0.15, -0.1) is 0 Å². The van der Waals surface area contributed by atoms with E-state index in [1.54, 1.807) is 13.8 Å². The Kier molecular flexibility index (Phi) is 4.06. The van der Waals surface area contributed by atoms with Crippen molar-refractivity contribution in [3.05, 3.63) is 49.9 Å². The number of benzene rings is 1. The molecule has 0 radical (unpaired) electrons. The van der Waals surface area contributed by atoms with E-state index in [-0.39, 0.29) is 27.5 Å². The number of aromatic nitrogens is 2. The van der Waals surface area contributed by atoms with E-state index in [9.17, 15) is 10.1 Å². The molecule has 2 aromatic rings. The number of ether oxygens (including phenoxy) is 1. The lowest BCUT2D eigenvalue weighted by molar-refractivity contribution is -0.385. The van der Waals surface area contributed by atoms with Crippen LogP contribution < -0.4 is 4.74 Å². The number of aryl methyl sites for hydroxylation is 2. The van der Waals surface area contributed by atoms with E-state index in [0.717, 1.165) is 0 Å². The summed E-state index contributed by atoms with van der Waals surface area (Å²) in [5.74, 6) is -0.135. The van der Waals surface area contributed by atoms with Gasteiger partial charge in [-0.2, -0.15) is 0 Å². The molecule has 0 aliphatic rings. The van der Waals surface area contributed by atoms with Crippen LogP contribution in [-0.4, -0.2) is 14.9 Å². The minimum Gasteiger partial charge on any atom is -0.427 e. The van der Waals surface area contributed by atoms with E-state index < -0.39 is 4.92 Å². The van der Waals surface area contributed by atoms with Gasteiger partial charge in [0.1, 0.15) is 0 Å². The van der Waals surface area contributed by atoms with Crippen LogP contribution in [0.3, 0.4) is 0 Å². The molecule has 0 atom stereocenters. The monoisotopic (exact) mass is 313 g/mol. The molecule has 0 aliphatic heterocycles. The molecule has 0 saturated heterocycles. The maximum atomic E-state index is 11.0. The van der Waals surface area contributed by atoms with Crippen molar-refractivity contribution < 1.29 is 9.66 Å². The van der Waals surface area contributed by atoms with Gasteiger partial charge in [0.05, 0.1) is 21.3 Å². The van der Waals surface area contributed by atoms with Crippen molar-refractivity contribution in [2.75, 3.05) is 0 Å². The number of nitro groups is 1. The third kappa shape index (κ3) is 2.81. The van der Waals surface area contributed by atoms with Crippen molar-refractivity contribution in [1.29, 1.82) is 0 Å². The second-order valence-electron chi connectivity index (χ2n) is 3.94. The molecule has 20 heavy (non-hydrogen) atoms. The molecule has 0 bridgehead atoms. The maximum absolute atomic E-state index is 11.0. The number of hydrogen-bond donors (Lipinski definition) is 0. The highest BCUT2D eigenvalue weighted by Crippen LogP contribution is 2.38. The lowest BCUT2D eigenvalue weighted by Crippen LogP contribution is -1.99. The Hall–Kier alpha value is -1.92. The Bertz CT molecular complexity index is 692. The van der Waals surface area contributed by atoms with Crippen molar-refractivity contribution in [3.63, 3.8) is 0 Å². The summed E-state index contributed by atoms with van der Waals surface area (Å²) in [5, 5.41) is 11.1. The normalized spacial score (nSPS) is 10.4. The van der Waals surface area contributed by atoms with Crippen molar-refractivity contribution in [3.8, 4) is 11.6 Å². The Labute approximate surface area is 124 Å². The summed E-state index contributed by atoms with van der Waals surface area (Å²) in [6.45, 7) is 3.47. The predicted molar refractivity (Wildman–Crippen MR) is 74.7 cm³/mol. The van der Waals surface area contributed by atoms with E-state index in [1.165, 1.54) is 18.2 Å². The van der Waals surface area contributed by atoms with E-state index in [2.05, 4.69) is 9.97 Å². The minimum atomic E-state index is -0.594. The van der Waals surface area contributed by atoms with Gasteiger partial charge in [0.25, 0.3) is 5.88 Å².